The van der Waals surface area contributed by atoms with Crippen LogP contribution in [0.25, 0.3) is 21.5 Å². The summed E-state index contributed by atoms with van der Waals surface area (Å²) >= 11 is 0. The van der Waals surface area contributed by atoms with Crippen LogP contribution in [0, 0.1) is 0 Å². The monoisotopic (exact) mass is 645 g/mol. The lowest BCUT2D eigenvalue weighted by Crippen LogP contribution is -1.67. The lowest BCUT2D eigenvalue weighted by atomic mass is 10.1. The third-order valence-electron chi connectivity index (χ3n) is 3.32. The van der Waals surface area contributed by atoms with Crippen molar-refractivity contribution < 1.29 is 0 Å². The zero-order valence-electron chi connectivity index (χ0n) is 36.7. The molecule has 0 N–H and O–H groups in total. The molecule has 4 aromatic carbocycles. The van der Waals surface area contributed by atoms with Crippen molar-refractivity contribution >= 4 is 21.5 Å². The average molecular weight is 645 g/mol. The number of hydrogen-bond acceptors (Lipinski definition) is 0. The lowest BCUT2D eigenvalue weighted by molar-refractivity contribution is 1.09. The van der Waals surface area contributed by atoms with Gasteiger partial charge in [0.05, 0.1) is 0 Å². The third-order valence-corrected chi connectivity index (χ3v) is 3.32. The molecule has 0 amide bonds. The highest BCUT2D eigenvalue weighted by molar-refractivity contribution is 5.82. The van der Waals surface area contributed by atoms with Gasteiger partial charge in [0.25, 0.3) is 0 Å². The Morgan fingerprint density at radius 3 is 0.348 bits per heavy atom. The van der Waals surface area contributed by atoms with E-state index in [2.05, 4.69) is 125 Å². The standard InChI is InChI=1S/2C10H8.2C3H8.10C2H6/c2*1-2-6-10-8-4-3-7-9(10)5-1;2*1-3-2;10*1-2/h2*1-8H;2*3H2,1-2H3;10*1-2H3. The van der Waals surface area contributed by atoms with Gasteiger partial charge < -0.3 is 0 Å². The van der Waals surface area contributed by atoms with Crippen LogP contribution in [0.1, 0.15) is 179 Å². The summed E-state index contributed by atoms with van der Waals surface area (Å²) in [6.07, 6.45) is 2.50. The third kappa shape index (κ3) is 60.6. The van der Waals surface area contributed by atoms with Crippen LogP contribution >= 0.6 is 0 Å². The maximum Gasteiger partial charge on any atom is -0.0184 e. The van der Waals surface area contributed by atoms with Crippen LogP contribution in [0.5, 0.6) is 0 Å². The molecule has 0 fully saturated rings. The normalized spacial score (nSPS) is 6.43. The Bertz CT molecular complexity index is 642. The number of benzene rings is 4. The highest BCUT2D eigenvalue weighted by Crippen LogP contribution is 2.12. The van der Waals surface area contributed by atoms with E-state index in [0.29, 0.717) is 0 Å². The minimum atomic E-state index is 1.25. The van der Waals surface area contributed by atoms with E-state index in [4.69, 9.17) is 0 Å². The second kappa shape index (κ2) is 96.8. The van der Waals surface area contributed by atoms with E-state index >= 15 is 0 Å². The van der Waals surface area contributed by atoms with Crippen molar-refractivity contribution in [2.75, 3.05) is 0 Å². The van der Waals surface area contributed by atoms with Gasteiger partial charge in [0.1, 0.15) is 0 Å². The van der Waals surface area contributed by atoms with Gasteiger partial charge in [-0.15, -0.1) is 0 Å². The Balaban J connectivity index is -0.0000000419. The van der Waals surface area contributed by atoms with Crippen molar-refractivity contribution in [1.82, 2.24) is 0 Å². The molecule has 0 aliphatic rings. The predicted molar refractivity (Wildman–Crippen MR) is 233 cm³/mol. The van der Waals surface area contributed by atoms with E-state index in [1.165, 1.54) is 34.4 Å². The molecular formula is C46H92. The lowest BCUT2D eigenvalue weighted by Gasteiger charge is -1.92. The summed E-state index contributed by atoms with van der Waals surface area (Å²) in [7, 11) is 0. The van der Waals surface area contributed by atoms with E-state index in [0.717, 1.165) is 0 Å². The van der Waals surface area contributed by atoms with E-state index < -0.39 is 0 Å². The minimum Gasteiger partial charge on any atom is -0.0683 e. The largest absolute Gasteiger partial charge is 0.0683 e. The molecule has 0 bridgehead atoms. The quantitative estimate of drug-likeness (QED) is 0.179. The van der Waals surface area contributed by atoms with Gasteiger partial charge in [-0.1, -0.05) is 276 Å². The maximum absolute atomic E-state index is 2.12. The van der Waals surface area contributed by atoms with Gasteiger partial charge in [0.2, 0.25) is 0 Å². The van der Waals surface area contributed by atoms with Gasteiger partial charge >= 0.3 is 0 Å². The first-order valence-corrected chi connectivity index (χ1v) is 19.6. The summed E-state index contributed by atoms with van der Waals surface area (Å²) in [5.41, 5.74) is 0. The van der Waals surface area contributed by atoms with Crippen molar-refractivity contribution in [1.29, 1.82) is 0 Å². The molecule has 0 aliphatic carbocycles. The number of hydrogen-bond donors (Lipinski definition) is 0. The fourth-order valence-corrected chi connectivity index (χ4v) is 2.27. The molecular weight excluding hydrogens is 553 g/mol. The molecule has 0 aliphatic heterocycles. The highest BCUT2D eigenvalue weighted by Gasteiger charge is 1.86. The fourth-order valence-electron chi connectivity index (χ4n) is 2.27. The van der Waals surface area contributed by atoms with Crippen LogP contribution in [0.3, 0.4) is 0 Å². The van der Waals surface area contributed by atoms with Gasteiger partial charge in [-0.3, -0.25) is 0 Å². The Labute approximate surface area is 296 Å². The predicted octanol–water partition coefficient (Wildman–Crippen LogP) is 18.8. The summed E-state index contributed by atoms with van der Waals surface area (Å²) < 4.78 is 0. The molecule has 0 heteroatoms. The van der Waals surface area contributed by atoms with Crippen molar-refractivity contribution in [3.63, 3.8) is 0 Å². The van der Waals surface area contributed by atoms with E-state index in [1.807, 2.05) is 138 Å². The molecule has 0 unspecified atom stereocenters. The number of fused-ring (bicyclic) bond motifs is 2. The first-order chi connectivity index (χ1) is 22.8. The van der Waals surface area contributed by atoms with E-state index in [9.17, 15) is 0 Å². The molecule has 4 rings (SSSR count). The van der Waals surface area contributed by atoms with Gasteiger partial charge in [-0.2, -0.15) is 0 Å². The summed E-state index contributed by atoms with van der Waals surface area (Å²) in [5.74, 6) is 0. The van der Waals surface area contributed by atoms with Crippen LogP contribution in [0.4, 0.5) is 0 Å². The summed E-state index contributed by atoms with van der Waals surface area (Å²) in [4.78, 5) is 0. The Hall–Kier alpha value is -2.60. The topological polar surface area (TPSA) is 0 Å². The van der Waals surface area contributed by atoms with Crippen LogP contribution in [0.15, 0.2) is 97.1 Å². The van der Waals surface area contributed by atoms with Gasteiger partial charge in [-0.25, -0.2) is 0 Å². The fraction of sp³-hybridized carbons (Fsp3) is 0.565. The van der Waals surface area contributed by atoms with Gasteiger partial charge in [0.15, 0.2) is 0 Å². The molecule has 0 saturated carbocycles. The SMILES string of the molecule is CC.CC.CC.CC.CC.CC.CC.CC.CC.CC.CCC.CCC.c1ccc2ccccc2c1.c1ccc2ccccc2c1. The first kappa shape index (κ1) is 69.9. The molecule has 0 nitrogen and oxygen atoms in total. The second-order valence-electron chi connectivity index (χ2n) is 6.11. The van der Waals surface area contributed by atoms with Crippen LogP contribution in [-0.2, 0) is 0 Å². The molecule has 0 heterocycles. The molecule has 0 radical (unpaired) electrons. The summed E-state index contributed by atoms with van der Waals surface area (Å²) in [6.45, 7) is 48.5. The van der Waals surface area contributed by atoms with Crippen molar-refractivity contribution in [3.05, 3.63) is 97.1 Å². The first-order valence-electron chi connectivity index (χ1n) is 19.6. The Morgan fingerprint density at radius 2 is 0.283 bits per heavy atom. The molecule has 4 aromatic rings. The molecule has 0 saturated heterocycles. The van der Waals surface area contributed by atoms with Gasteiger partial charge in [-0.05, 0) is 21.5 Å². The van der Waals surface area contributed by atoms with Crippen molar-refractivity contribution in [2.24, 2.45) is 0 Å². The van der Waals surface area contributed by atoms with Crippen molar-refractivity contribution in [2.45, 2.75) is 179 Å². The smallest absolute Gasteiger partial charge is 0.0184 e. The van der Waals surface area contributed by atoms with Crippen LogP contribution in [0.2, 0.25) is 0 Å². The molecule has 276 valence electrons. The minimum absolute atomic E-state index is 1.25. The summed E-state index contributed by atoms with van der Waals surface area (Å²) in [5, 5.41) is 5.24. The maximum atomic E-state index is 2.12. The van der Waals surface area contributed by atoms with Crippen molar-refractivity contribution in [3.8, 4) is 0 Å². The van der Waals surface area contributed by atoms with Crippen LogP contribution in [-0.4, -0.2) is 0 Å². The summed E-state index contributed by atoms with van der Waals surface area (Å²) in [6, 6.07) is 33.4. The molecule has 0 aromatic heterocycles. The molecule has 46 heavy (non-hydrogen) atoms. The Kier molecular flexibility index (Phi) is 147. The molecule has 0 atom stereocenters. The van der Waals surface area contributed by atoms with Gasteiger partial charge in [0, 0.05) is 0 Å². The second-order valence-corrected chi connectivity index (χ2v) is 6.11. The number of rotatable bonds is 0. The molecule has 0 spiro atoms. The Morgan fingerprint density at radius 1 is 0.217 bits per heavy atom. The zero-order chi connectivity index (χ0) is 39.0. The van der Waals surface area contributed by atoms with Crippen LogP contribution < -0.4 is 0 Å². The average Bonchev–Trinajstić information content (AvgIpc) is 3.20. The zero-order valence-corrected chi connectivity index (χ0v) is 36.7. The van der Waals surface area contributed by atoms with E-state index in [-0.39, 0.29) is 0 Å². The van der Waals surface area contributed by atoms with E-state index in [1.54, 1.807) is 0 Å². The highest BCUT2D eigenvalue weighted by atomic mass is 13.9.